The average Bonchev–Trinajstić information content (AvgIpc) is 2.66. The van der Waals surface area contributed by atoms with Crippen molar-refractivity contribution >= 4 is 46.4 Å². The van der Waals surface area contributed by atoms with Gasteiger partial charge in [0.05, 0.1) is 31.0 Å². The number of ether oxygens (including phenoxy) is 4. The van der Waals surface area contributed by atoms with E-state index in [2.05, 4.69) is 101 Å². The number of rotatable bonds is 22. The Morgan fingerprint density at radius 1 is 0.951 bits per heavy atom. The summed E-state index contributed by atoms with van der Waals surface area (Å²) in [5.41, 5.74) is 2.93. The number of nitrogens with one attached hydrogen (secondary N) is 2. The molecule has 444 valence electrons. The Bertz CT molecular complexity index is 2830. The number of esters is 2. The molecular formula is C62H87N5O14. The first-order valence-electron chi connectivity index (χ1n) is 29.4. The number of piperidine rings is 1. The number of nitrogens with zero attached hydrogens (tertiary/aromatic N) is 3. The van der Waals surface area contributed by atoms with E-state index in [1.54, 1.807) is 0 Å². The van der Waals surface area contributed by atoms with Crippen LogP contribution in [0.2, 0.25) is 0 Å². The predicted molar refractivity (Wildman–Crippen MR) is 301 cm³/mol. The number of aromatic nitrogens is 1. The van der Waals surface area contributed by atoms with Gasteiger partial charge in [-0.05, 0) is 132 Å². The monoisotopic (exact) mass is 1130 g/mol. The summed E-state index contributed by atoms with van der Waals surface area (Å²) in [4.78, 5) is 80.5. The van der Waals surface area contributed by atoms with E-state index in [9.17, 15) is 34.8 Å². The molecule has 3 fully saturated rings. The zero-order valence-corrected chi connectivity index (χ0v) is 48.7. The SMILES string of the molecule is CCC(CO)OC(COC(=O)CCCC(=O)NC(C)C(=O)OCCCCC(=O)[C@]1(O)C2N(C)c3cc(C)c([C@@]4(C)C[C@@H]5CN(CCc6c4[nH]c4ccccc64)CC(O)(CC)C5)cc3C23CCN2CC=C[C@](CC)(C23)[C@H]1O)OC.O=C=O. The average molecular weight is 1130 g/mol. The third kappa shape index (κ3) is 11.4. The number of aromatic amines is 1. The number of aliphatic hydroxyl groups excluding tert-OH is 2. The zero-order valence-electron chi connectivity index (χ0n) is 48.7. The fourth-order valence-corrected chi connectivity index (χ4v) is 15.6. The molecular weight excluding hydrogens is 1040 g/mol. The van der Waals surface area contributed by atoms with E-state index in [1.165, 1.54) is 36.2 Å². The van der Waals surface area contributed by atoms with E-state index in [0.29, 0.717) is 45.2 Å². The predicted octanol–water partition coefficient (Wildman–Crippen LogP) is 5.07. The van der Waals surface area contributed by atoms with Crippen molar-refractivity contribution < 1.29 is 68.1 Å². The number of aryl methyl sites for hydroxylation is 1. The lowest BCUT2D eigenvalue weighted by molar-refractivity contribution is -0.202. The van der Waals surface area contributed by atoms with Gasteiger partial charge < -0.3 is 54.6 Å². The number of unbranched alkanes of at least 4 members (excludes halogenated alkanes) is 1. The molecule has 9 rings (SSSR count). The van der Waals surface area contributed by atoms with Gasteiger partial charge in [0.2, 0.25) is 5.91 Å². The summed E-state index contributed by atoms with van der Waals surface area (Å²) in [5, 5.41) is 51.8. The molecule has 2 aromatic carbocycles. The number of H-pyrrole nitrogens is 1. The van der Waals surface area contributed by atoms with Gasteiger partial charge >= 0.3 is 18.1 Å². The van der Waals surface area contributed by atoms with Crippen LogP contribution in [-0.2, 0) is 65.0 Å². The number of fused-ring (bicyclic) bond motifs is 6. The lowest BCUT2D eigenvalue weighted by Gasteiger charge is -2.63. The molecule has 0 radical (unpaired) electrons. The maximum Gasteiger partial charge on any atom is 0.373 e. The van der Waals surface area contributed by atoms with Crippen molar-refractivity contribution in [3.8, 4) is 0 Å². The van der Waals surface area contributed by atoms with Gasteiger partial charge in [-0.3, -0.25) is 24.2 Å². The minimum Gasteiger partial charge on any atom is -0.464 e. The number of ketones is 1. The first kappa shape index (κ1) is 61.7. The number of Topliss-reactive ketones (excluding diaryl/α,β-unsaturated/α-hetero) is 1. The molecule has 1 spiro atoms. The quantitative estimate of drug-likeness (QED) is 0.0332. The fourth-order valence-electron chi connectivity index (χ4n) is 15.6. The van der Waals surface area contributed by atoms with E-state index >= 15 is 4.79 Å². The van der Waals surface area contributed by atoms with Crippen LogP contribution in [0.5, 0.6) is 0 Å². The highest BCUT2D eigenvalue weighted by Crippen LogP contribution is 2.67. The molecule has 1 aliphatic carbocycles. The Kier molecular flexibility index (Phi) is 19.2. The van der Waals surface area contributed by atoms with Crippen LogP contribution in [0.25, 0.3) is 10.9 Å². The van der Waals surface area contributed by atoms with Gasteiger partial charge in [0.1, 0.15) is 18.8 Å². The standard InChI is InChI=1S/C61H87N5O12.CO2/c1-9-41(35-67)78-51(75-8)36-77-50(70)22-16-21-49(69)62-39(5)53(71)76-29-15-14-20-48(68)61(74)55-60(25-28-66-26-17-24-59(11-3,54(60)66)56(61)72)45-31-44(38(4)30-47(45)64(55)7)57(6)32-40-33-58(73,10-2)37-65(34-40)27-23-43-42-18-12-13-19-46(42)63-52(43)57;2-1-3/h12-13,17-19,24,30-31,39-41,51,54-56,63,67,72-74H,9-11,14-16,20-23,25-29,32-37H2,1-8H3,(H,62,69);/t39?,40-,41?,51?,54?,55?,56+,57+,58?,59+,60?,61-;/m0./s1. The van der Waals surface area contributed by atoms with Crippen LogP contribution in [0, 0.1) is 18.3 Å². The molecule has 13 atom stereocenters. The molecule has 6 aliphatic rings. The molecule has 8 unspecified atom stereocenters. The molecule has 3 aromatic rings. The number of aliphatic hydroxyl groups is 4. The van der Waals surface area contributed by atoms with E-state index in [0.717, 1.165) is 61.2 Å². The molecule has 19 nitrogen and oxygen atoms in total. The fraction of sp³-hybridized carbons (Fsp3) is 0.661. The van der Waals surface area contributed by atoms with Gasteiger partial charge in [-0.25, -0.2) is 4.79 Å². The second-order valence-corrected chi connectivity index (χ2v) is 24.1. The summed E-state index contributed by atoms with van der Waals surface area (Å²) >= 11 is 0. The molecule has 1 aromatic heterocycles. The van der Waals surface area contributed by atoms with Crippen LogP contribution in [0.1, 0.15) is 140 Å². The van der Waals surface area contributed by atoms with Crippen molar-refractivity contribution in [2.45, 2.75) is 184 Å². The number of hydrogen-bond donors (Lipinski definition) is 6. The van der Waals surface area contributed by atoms with Gasteiger partial charge in [-0.15, -0.1) is 0 Å². The highest BCUT2D eigenvalue weighted by molar-refractivity contribution is 5.92. The third-order valence-corrected chi connectivity index (χ3v) is 19.3. The van der Waals surface area contributed by atoms with Crippen molar-refractivity contribution in [2.75, 3.05) is 71.6 Å². The molecule has 1 amide bonds. The normalized spacial score (nSPS) is 31.1. The first-order valence-corrected chi connectivity index (χ1v) is 29.4. The number of hydrogen-bond acceptors (Lipinski definition) is 17. The Hall–Kier alpha value is -5.34. The Morgan fingerprint density at radius 2 is 1.70 bits per heavy atom. The summed E-state index contributed by atoms with van der Waals surface area (Å²) in [6.07, 6.45) is 7.27. The summed E-state index contributed by atoms with van der Waals surface area (Å²) in [6, 6.07) is 11.4. The first-order chi connectivity index (χ1) is 38.7. The number of methoxy groups -OCH3 is 1. The van der Waals surface area contributed by atoms with Crippen LogP contribution in [0.4, 0.5) is 5.69 Å². The van der Waals surface area contributed by atoms with Crippen LogP contribution in [0.15, 0.2) is 48.6 Å². The topological polar surface area (TPSA) is 258 Å². The van der Waals surface area contributed by atoms with Crippen molar-refractivity contribution in [1.29, 1.82) is 0 Å². The Balaban J connectivity index is 0.00000281. The van der Waals surface area contributed by atoms with Crippen LogP contribution < -0.4 is 10.2 Å². The molecule has 2 bridgehead atoms. The smallest absolute Gasteiger partial charge is 0.373 e. The van der Waals surface area contributed by atoms with E-state index in [4.69, 9.17) is 28.5 Å². The summed E-state index contributed by atoms with van der Waals surface area (Å²) < 4.78 is 21.5. The highest BCUT2D eigenvalue weighted by atomic mass is 16.7. The molecule has 5 aliphatic heterocycles. The van der Waals surface area contributed by atoms with Crippen molar-refractivity contribution in [3.63, 3.8) is 0 Å². The summed E-state index contributed by atoms with van der Waals surface area (Å²) in [7, 11) is 3.39. The van der Waals surface area contributed by atoms with Crippen LogP contribution >= 0.6 is 0 Å². The minimum atomic E-state index is -2.17. The number of anilines is 1. The number of amides is 1. The van der Waals surface area contributed by atoms with Crippen molar-refractivity contribution in [2.24, 2.45) is 11.3 Å². The Morgan fingerprint density at radius 3 is 2.41 bits per heavy atom. The van der Waals surface area contributed by atoms with Gasteiger partial charge in [0, 0.05) is 104 Å². The molecule has 1 saturated carbocycles. The maximum atomic E-state index is 15.2. The number of benzene rings is 2. The number of para-hydroxylation sites is 1. The second-order valence-electron chi connectivity index (χ2n) is 24.1. The number of carbonyl (C=O) groups is 4. The molecule has 81 heavy (non-hydrogen) atoms. The van der Waals surface area contributed by atoms with Crippen LogP contribution in [-0.4, -0.2) is 180 Å². The highest BCUT2D eigenvalue weighted by Gasteiger charge is 2.78. The summed E-state index contributed by atoms with van der Waals surface area (Å²) in [6.45, 7) is 15.6. The lowest BCUT2D eigenvalue weighted by atomic mass is 9.47. The van der Waals surface area contributed by atoms with Gasteiger partial charge in [0.15, 0.2) is 17.7 Å². The van der Waals surface area contributed by atoms with E-state index in [-0.39, 0.29) is 70.0 Å². The van der Waals surface area contributed by atoms with E-state index in [1.807, 2.05) is 14.0 Å². The van der Waals surface area contributed by atoms with Gasteiger partial charge in [-0.1, -0.05) is 57.2 Å². The lowest BCUT2D eigenvalue weighted by Crippen LogP contribution is -2.80. The molecule has 6 heterocycles. The zero-order chi connectivity index (χ0) is 58.7. The molecule has 6 N–H and O–H groups in total. The molecule has 2 saturated heterocycles. The third-order valence-electron chi connectivity index (χ3n) is 19.3. The van der Waals surface area contributed by atoms with Crippen molar-refractivity contribution in [3.05, 3.63) is 76.5 Å². The largest absolute Gasteiger partial charge is 0.464 e. The number of carbonyl (C=O) groups excluding carboxylic acids is 6. The Labute approximate surface area is 476 Å². The maximum absolute atomic E-state index is 15.2. The molecule has 19 heteroatoms. The van der Waals surface area contributed by atoms with Crippen molar-refractivity contribution in [1.82, 2.24) is 20.1 Å². The second kappa shape index (κ2) is 25.3. The van der Waals surface area contributed by atoms with Gasteiger partial charge in [0.25, 0.3) is 0 Å². The summed E-state index contributed by atoms with van der Waals surface area (Å²) in [5.74, 6) is -1.83. The number of likely N-dealkylation sites (N-methyl/N-ethyl adjacent to an activating group) is 1. The van der Waals surface area contributed by atoms with Gasteiger partial charge in [-0.2, -0.15) is 9.59 Å². The van der Waals surface area contributed by atoms with E-state index < -0.39 is 81.7 Å². The minimum absolute atomic E-state index is 0.0183. The van der Waals surface area contributed by atoms with Crippen LogP contribution in [0.3, 0.4) is 0 Å².